The van der Waals surface area contributed by atoms with Gasteiger partial charge in [-0.15, -0.1) is 0 Å². The van der Waals surface area contributed by atoms with Gasteiger partial charge in [0.2, 0.25) is 10.0 Å². The second-order valence-corrected chi connectivity index (χ2v) is 6.96. The molecular formula is C17H13F2N3O2S. The maximum atomic E-state index is 14.2. The summed E-state index contributed by atoms with van der Waals surface area (Å²) in [5, 5.41) is 4.85. The first-order valence-corrected chi connectivity index (χ1v) is 8.71. The molecule has 0 amide bonds. The zero-order valence-corrected chi connectivity index (χ0v) is 13.9. The first kappa shape index (κ1) is 17.1. The summed E-state index contributed by atoms with van der Waals surface area (Å²) in [4.78, 5) is 7.13. The largest absolute Gasteiger partial charge is 0.264 e. The number of sulfonamides is 1. The highest BCUT2D eigenvalue weighted by atomic mass is 32.2. The van der Waals surface area contributed by atoms with Crippen molar-refractivity contribution in [3.63, 3.8) is 0 Å². The number of pyridine rings is 2. The standard InChI is InChI=1S/C17H13F2N3O2S/c1-10-5-12(9-21-8-10)13-3-2-4-22-16(13)11-6-14(18)17(15(19)7-11)25(20,23)24/h2-9H,1H3,(H2,20,23,24). The quantitative estimate of drug-likeness (QED) is 0.777. The predicted octanol–water partition coefficient (Wildman–Crippen LogP) is 3.04. The van der Waals surface area contributed by atoms with E-state index in [-0.39, 0.29) is 5.56 Å². The summed E-state index contributed by atoms with van der Waals surface area (Å²) >= 11 is 0. The molecule has 3 rings (SSSR count). The molecule has 3 aromatic rings. The van der Waals surface area contributed by atoms with Gasteiger partial charge < -0.3 is 0 Å². The van der Waals surface area contributed by atoms with E-state index in [2.05, 4.69) is 9.97 Å². The van der Waals surface area contributed by atoms with Crippen LogP contribution in [0, 0.1) is 18.6 Å². The number of halogens is 2. The lowest BCUT2D eigenvalue weighted by atomic mass is 10.00. The molecule has 0 saturated carbocycles. The number of hydrogen-bond acceptors (Lipinski definition) is 4. The molecule has 128 valence electrons. The Morgan fingerprint density at radius 3 is 2.32 bits per heavy atom. The van der Waals surface area contributed by atoms with Gasteiger partial charge in [-0.3, -0.25) is 9.97 Å². The lowest BCUT2D eigenvalue weighted by Gasteiger charge is -2.11. The van der Waals surface area contributed by atoms with Gasteiger partial charge in [0, 0.05) is 35.3 Å². The first-order valence-electron chi connectivity index (χ1n) is 7.16. The van der Waals surface area contributed by atoms with Gasteiger partial charge in [0.1, 0.15) is 11.6 Å². The number of aryl methyl sites for hydroxylation is 1. The summed E-state index contributed by atoms with van der Waals surface area (Å²) in [5.41, 5.74) is 2.64. The molecule has 0 saturated heterocycles. The van der Waals surface area contributed by atoms with Crippen molar-refractivity contribution in [2.45, 2.75) is 11.8 Å². The normalized spacial score (nSPS) is 11.5. The summed E-state index contributed by atoms with van der Waals surface area (Å²) in [6, 6.07) is 7.09. The van der Waals surface area contributed by atoms with Crippen LogP contribution in [0.25, 0.3) is 22.4 Å². The molecule has 0 radical (unpaired) electrons. The average Bonchev–Trinajstić information content (AvgIpc) is 2.53. The second kappa shape index (κ2) is 6.30. The van der Waals surface area contributed by atoms with E-state index in [9.17, 15) is 17.2 Å². The SMILES string of the molecule is Cc1cncc(-c2cccnc2-c2cc(F)c(S(N)(=O)=O)c(F)c2)c1. The van der Waals surface area contributed by atoms with E-state index in [1.54, 1.807) is 24.5 Å². The van der Waals surface area contributed by atoms with E-state index >= 15 is 0 Å². The Balaban J connectivity index is 2.22. The first-order chi connectivity index (χ1) is 11.8. The van der Waals surface area contributed by atoms with Crippen molar-refractivity contribution in [2.24, 2.45) is 5.14 Å². The maximum Gasteiger partial charge on any atom is 0.243 e. The van der Waals surface area contributed by atoms with E-state index < -0.39 is 26.6 Å². The van der Waals surface area contributed by atoms with Crippen LogP contribution in [0.4, 0.5) is 8.78 Å². The lowest BCUT2D eigenvalue weighted by molar-refractivity contribution is 0.520. The molecule has 0 aliphatic rings. The molecule has 0 atom stereocenters. The van der Waals surface area contributed by atoms with Gasteiger partial charge in [-0.1, -0.05) is 6.07 Å². The molecular weight excluding hydrogens is 348 g/mol. The third kappa shape index (κ3) is 3.40. The van der Waals surface area contributed by atoms with Crippen LogP contribution in [-0.4, -0.2) is 18.4 Å². The zero-order chi connectivity index (χ0) is 18.2. The molecule has 2 heterocycles. The molecule has 0 unspecified atom stereocenters. The molecule has 0 spiro atoms. The Morgan fingerprint density at radius 2 is 1.72 bits per heavy atom. The number of nitrogens with zero attached hydrogens (tertiary/aromatic N) is 2. The fourth-order valence-corrected chi connectivity index (χ4v) is 3.20. The van der Waals surface area contributed by atoms with E-state index in [0.29, 0.717) is 11.3 Å². The molecule has 25 heavy (non-hydrogen) atoms. The Morgan fingerprint density at radius 1 is 1.04 bits per heavy atom. The van der Waals surface area contributed by atoms with Crippen LogP contribution in [0.2, 0.25) is 0 Å². The minimum Gasteiger partial charge on any atom is -0.264 e. The van der Waals surface area contributed by atoms with Crippen molar-refractivity contribution < 1.29 is 17.2 Å². The molecule has 0 aliphatic heterocycles. The molecule has 1 aromatic carbocycles. The number of primary sulfonamides is 1. The van der Waals surface area contributed by atoms with Crippen LogP contribution >= 0.6 is 0 Å². The Bertz CT molecular complexity index is 1050. The van der Waals surface area contributed by atoms with E-state index in [0.717, 1.165) is 23.3 Å². The minimum absolute atomic E-state index is 0.0968. The topological polar surface area (TPSA) is 85.9 Å². The van der Waals surface area contributed by atoms with E-state index in [1.807, 2.05) is 13.0 Å². The number of aromatic nitrogens is 2. The van der Waals surface area contributed by atoms with Gasteiger partial charge in [-0.25, -0.2) is 22.3 Å². The summed E-state index contributed by atoms with van der Waals surface area (Å²) < 4.78 is 50.9. The fraction of sp³-hybridized carbons (Fsp3) is 0.0588. The van der Waals surface area contributed by atoms with Crippen molar-refractivity contribution in [2.75, 3.05) is 0 Å². The van der Waals surface area contributed by atoms with E-state index in [1.165, 1.54) is 6.20 Å². The van der Waals surface area contributed by atoms with Gasteiger partial charge in [0.25, 0.3) is 0 Å². The van der Waals surface area contributed by atoms with Crippen molar-refractivity contribution in [3.8, 4) is 22.4 Å². The van der Waals surface area contributed by atoms with Crippen molar-refractivity contribution in [1.82, 2.24) is 9.97 Å². The Kier molecular flexibility index (Phi) is 4.32. The summed E-state index contributed by atoms with van der Waals surface area (Å²) in [7, 11) is -4.51. The van der Waals surface area contributed by atoms with Crippen LogP contribution in [0.1, 0.15) is 5.56 Å². The molecule has 0 fully saturated rings. The maximum absolute atomic E-state index is 14.2. The zero-order valence-electron chi connectivity index (χ0n) is 13.1. The molecule has 2 N–H and O–H groups in total. The van der Waals surface area contributed by atoms with Crippen LogP contribution in [0.3, 0.4) is 0 Å². The smallest absolute Gasteiger partial charge is 0.243 e. The van der Waals surface area contributed by atoms with Crippen LogP contribution in [0.5, 0.6) is 0 Å². The van der Waals surface area contributed by atoms with Crippen molar-refractivity contribution in [1.29, 1.82) is 0 Å². The highest BCUT2D eigenvalue weighted by Gasteiger charge is 2.22. The fourth-order valence-electron chi connectivity index (χ4n) is 2.54. The summed E-state index contributed by atoms with van der Waals surface area (Å²) in [6.45, 7) is 1.87. The number of hydrogen-bond donors (Lipinski definition) is 1. The minimum atomic E-state index is -4.51. The predicted molar refractivity (Wildman–Crippen MR) is 88.9 cm³/mol. The average molecular weight is 361 g/mol. The second-order valence-electron chi connectivity index (χ2n) is 5.46. The summed E-state index contributed by atoms with van der Waals surface area (Å²) in [6.07, 6.45) is 4.77. The molecule has 5 nitrogen and oxygen atoms in total. The molecule has 0 aliphatic carbocycles. The van der Waals surface area contributed by atoms with Gasteiger partial charge >= 0.3 is 0 Å². The monoisotopic (exact) mass is 361 g/mol. The highest BCUT2D eigenvalue weighted by molar-refractivity contribution is 7.89. The van der Waals surface area contributed by atoms with E-state index in [4.69, 9.17) is 5.14 Å². The third-order valence-electron chi connectivity index (χ3n) is 3.55. The molecule has 2 aromatic heterocycles. The van der Waals surface area contributed by atoms with Gasteiger partial charge in [-0.2, -0.15) is 0 Å². The van der Waals surface area contributed by atoms with Crippen molar-refractivity contribution >= 4 is 10.0 Å². The van der Waals surface area contributed by atoms with Crippen molar-refractivity contribution in [3.05, 3.63) is 66.1 Å². The van der Waals surface area contributed by atoms with Crippen LogP contribution in [-0.2, 0) is 10.0 Å². The third-order valence-corrected chi connectivity index (χ3v) is 4.51. The number of rotatable bonds is 3. The summed E-state index contributed by atoms with van der Waals surface area (Å²) in [5.74, 6) is -2.53. The van der Waals surface area contributed by atoms with Crippen LogP contribution < -0.4 is 5.14 Å². The number of nitrogens with two attached hydrogens (primary N) is 1. The Labute approximate surface area is 143 Å². The number of benzene rings is 1. The lowest BCUT2D eigenvalue weighted by Crippen LogP contribution is -2.16. The van der Waals surface area contributed by atoms with Crippen LogP contribution in [0.15, 0.2) is 53.8 Å². The van der Waals surface area contributed by atoms with Gasteiger partial charge in [-0.05, 0) is 36.8 Å². The van der Waals surface area contributed by atoms with Gasteiger partial charge in [0.05, 0.1) is 5.69 Å². The Hall–Kier alpha value is -2.71. The molecule has 8 heteroatoms. The van der Waals surface area contributed by atoms with Gasteiger partial charge in [0.15, 0.2) is 4.90 Å². The highest BCUT2D eigenvalue weighted by Crippen LogP contribution is 2.32. The molecule has 0 bridgehead atoms.